The number of hydrogen-bond acceptors (Lipinski definition) is 5. The molecule has 2 N–H and O–H groups in total. The lowest BCUT2D eigenvalue weighted by Crippen LogP contribution is -2.57. The van der Waals surface area contributed by atoms with Crippen LogP contribution in [0.4, 0.5) is 4.79 Å². The van der Waals surface area contributed by atoms with Gasteiger partial charge in [0.1, 0.15) is 12.6 Å². The van der Waals surface area contributed by atoms with Crippen LogP contribution in [0.15, 0.2) is 78.9 Å². The first kappa shape index (κ1) is 28.4. The van der Waals surface area contributed by atoms with Gasteiger partial charge in [0.25, 0.3) is 0 Å². The van der Waals surface area contributed by atoms with Crippen molar-refractivity contribution in [3.63, 3.8) is 0 Å². The highest BCUT2D eigenvalue weighted by Gasteiger charge is 2.38. The summed E-state index contributed by atoms with van der Waals surface area (Å²) in [4.78, 5) is 40.1. The highest BCUT2D eigenvalue weighted by atomic mass is 16.5. The normalized spacial score (nSPS) is 19.5. The molecule has 1 aliphatic carbocycles. The predicted octanol–water partition coefficient (Wildman–Crippen LogP) is 5.07. The molecule has 2 amide bonds. The molecule has 8 nitrogen and oxygen atoms in total. The largest absolute Gasteiger partial charge is 0.481 e. The summed E-state index contributed by atoms with van der Waals surface area (Å²) in [6.45, 7) is 4.58. The van der Waals surface area contributed by atoms with Crippen molar-refractivity contribution in [3.8, 4) is 11.1 Å². The fourth-order valence-corrected chi connectivity index (χ4v) is 5.95. The van der Waals surface area contributed by atoms with E-state index in [1.807, 2.05) is 61.5 Å². The fourth-order valence-electron chi connectivity index (χ4n) is 5.95. The van der Waals surface area contributed by atoms with Crippen molar-refractivity contribution in [2.45, 2.75) is 44.9 Å². The van der Waals surface area contributed by atoms with Gasteiger partial charge in [0.2, 0.25) is 5.91 Å². The molecule has 1 heterocycles. The molecular formula is C33H36N2O6. The Morgan fingerprint density at radius 3 is 2.17 bits per heavy atom. The van der Waals surface area contributed by atoms with Crippen LogP contribution in [0.2, 0.25) is 0 Å². The molecule has 214 valence electrons. The number of hydrogen-bond donors (Lipinski definition) is 2. The van der Waals surface area contributed by atoms with Gasteiger partial charge in [0.05, 0.1) is 18.6 Å². The number of fused-ring (bicyclic) bond motifs is 3. The lowest BCUT2D eigenvalue weighted by Gasteiger charge is -2.37. The average Bonchev–Trinajstić information content (AvgIpc) is 3.31. The number of likely N-dealkylation sites (tertiary alicyclic amines) is 1. The van der Waals surface area contributed by atoms with Crippen LogP contribution in [-0.2, 0) is 25.7 Å². The molecule has 0 bridgehead atoms. The smallest absolute Gasteiger partial charge is 0.407 e. The molecule has 0 aromatic heterocycles. The topological polar surface area (TPSA) is 105 Å². The summed E-state index contributed by atoms with van der Waals surface area (Å²) in [5.74, 6) is -1.97. The second kappa shape index (κ2) is 12.6. The van der Waals surface area contributed by atoms with Gasteiger partial charge in [-0.2, -0.15) is 0 Å². The second-order valence-electron chi connectivity index (χ2n) is 10.9. The molecule has 4 atom stereocenters. The number of aliphatic carboxylic acids is 1. The molecule has 3 aromatic carbocycles. The van der Waals surface area contributed by atoms with Gasteiger partial charge >= 0.3 is 12.1 Å². The van der Waals surface area contributed by atoms with Crippen molar-refractivity contribution in [2.24, 2.45) is 11.8 Å². The summed E-state index contributed by atoms with van der Waals surface area (Å²) >= 11 is 0. The molecule has 0 saturated carbocycles. The maximum absolute atomic E-state index is 13.7. The number of ether oxygens (including phenoxy) is 2. The molecule has 1 aliphatic heterocycles. The summed E-state index contributed by atoms with van der Waals surface area (Å²) in [5, 5.41) is 12.3. The number of carboxylic acid groups (broad SMARTS) is 1. The number of carboxylic acids is 1. The third-order valence-corrected chi connectivity index (χ3v) is 8.24. The van der Waals surface area contributed by atoms with Gasteiger partial charge in [-0.15, -0.1) is 0 Å². The van der Waals surface area contributed by atoms with E-state index in [9.17, 15) is 19.5 Å². The Bertz CT molecular complexity index is 1350. The highest BCUT2D eigenvalue weighted by molar-refractivity contribution is 5.87. The summed E-state index contributed by atoms with van der Waals surface area (Å²) < 4.78 is 11.8. The zero-order valence-corrected chi connectivity index (χ0v) is 23.4. The number of nitrogens with one attached hydrogen (secondary N) is 1. The van der Waals surface area contributed by atoms with E-state index in [1.54, 1.807) is 11.8 Å². The molecule has 1 saturated heterocycles. The van der Waals surface area contributed by atoms with Crippen molar-refractivity contribution in [2.75, 3.05) is 19.7 Å². The molecule has 3 aromatic rings. The Balaban J connectivity index is 1.28. The van der Waals surface area contributed by atoms with E-state index >= 15 is 0 Å². The maximum atomic E-state index is 13.7. The zero-order valence-electron chi connectivity index (χ0n) is 23.4. The van der Waals surface area contributed by atoms with Crippen LogP contribution in [0.1, 0.15) is 42.9 Å². The number of amides is 2. The molecule has 0 radical (unpaired) electrons. The van der Waals surface area contributed by atoms with Gasteiger partial charge in [0.15, 0.2) is 0 Å². The number of benzene rings is 3. The minimum atomic E-state index is -0.997. The minimum absolute atomic E-state index is 0.107. The van der Waals surface area contributed by atoms with Gasteiger partial charge in [0, 0.05) is 19.0 Å². The van der Waals surface area contributed by atoms with E-state index in [0.29, 0.717) is 19.5 Å². The van der Waals surface area contributed by atoms with Crippen molar-refractivity contribution in [1.29, 1.82) is 0 Å². The quantitative estimate of drug-likeness (QED) is 0.381. The molecule has 5 rings (SSSR count). The maximum Gasteiger partial charge on any atom is 0.407 e. The lowest BCUT2D eigenvalue weighted by atomic mass is 9.86. The van der Waals surface area contributed by atoms with Crippen LogP contribution >= 0.6 is 0 Å². The molecule has 41 heavy (non-hydrogen) atoms. The zero-order chi connectivity index (χ0) is 28.9. The van der Waals surface area contributed by atoms with Crippen molar-refractivity contribution in [3.05, 3.63) is 95.6 Å². The van der Waals surface area contributed by atoms with E-state index in [0.717, 1.165) is 27.8 Å². The van der Waals surface area contributed by atoms with Crippen LogP contribution < -0.4 is 5.32 Å². The first-order valence-corrected chi connectivity index (χ1v) is 14.1. The number of alkyl carbamates (subject to hydrolysis) is 1. The Hall–Kier alpha value is -4.17. The van der Waals surface area contributed by atoms with Crippen LogP contribution in [-0.4, -0.2) is 59.8 Å². The molecule has 8 heteroatoms. The van der Waals surface area contributed by atoms with E-state index in [1.165, 1.54) is 0 Å². The molecule has 1 fully saturated rings. The molecule has 2 aliphatic rings. The fraction of sp³-hybridized carbons (Fsp3) is 0.364. The average molecular weight is 557 g/mol. The lowest BCUT2D eigenvalue weighted by molar-refractivity contribution is -0.150. The second-order valence-corrected chi connectivity index (χ2v) is 10.9. The molecular weight excluding hydrogens is 520 g/mol. The third-order valence-electron chi connectivity index (χ3n) is 8.24. The van der Waals surface area contributed by atoms with Crippen molar-refractivity contribution < 1.29 is 29.0 Å². The number of carbonyl (C=O) groups is 3. The van der Waals surface area contributed by atoms with Gasteiger partial charge in [-0.05, 0) is 47.1 Å². The van der Waals surface area contributed by atoms with Crippen LogP contribution in [0.25, 0.3) is 11.1 Å². The summed E-state index contributed by atoms with van der Waals surface area (Å²) in [6, 6.07) is 24.8. The Kier molecular flexibility index (Phi) is 8.69. The van der Waals surface area contributed by atoms with Gasteiger partial charge in [-0.25, -0.2) is 4.79 Å². The Morgan fingerprint density at radius 2 is 1.56 bits per heavy atom. The number of carbonyl (C=O) groups excluding carboxylic acids is 2. The summed E-state index contributed by atoms with van der Waals surface area (Å²) in [7, 11) is 0. The van der Waals surface area contributed by atoms with Crippen LogP contribution in [0, 0.1) is 11.8 Å². The SMILES string of the molecule is CC1CN(C(=O)[C@H](NC(=O)OCC2c3ccccc3-c3ccccc32)[C@H](C)OCc2ccccc2)CCC1C(=O)O. The summed E-state index contributed by atoms with van der Waals surface area (Å²) in [6.07, 6.45) is -0.997. The third kappa shape index (κ3) is 6.28. The number of nitrogens with zero attached hydrogens (tertiary/aromatic N) is 1. The molecule has 2 unspecified atom stereocenters. The van der Waals surface area contributed by atoms with Crippen molar-refractivity contribution >= 4 is 18.0 Å². The Morgan fingerprint density at radius 1 is 0.951 bits per heavy atom. The van der Waals surface area contributed by atoms with E-state index in [4.69, 9.17) is 9.47 Å². The minimum Gasteiger partial charge on any atom is -0.481 e. The predicted molar refractivity (Wildman–Crippen MR) is 154 cm³/mol. The monoisotopic (exact) mass is 556 g/mol. The van der Waals surface area contributed by atoms with E-state index in [-0.39, 0.29) is 31.0 Å². The van der Waals surface area contributed by atoms with E-state index < -0.39 is 30.1 Å². The standard InChI is InChI=1S/C33H36N2O6/c1-21-18-35(17-16-24(21)32(37)38)31(36)30(22(2)40-19-23-10-4-3-5-11-23)34-33(39)41-20-29-27-14-8-6-12-25(27)26-13-7-9-15-28(26)29/h3-15,21-22,24,29-30H,16-20H2,1-2H3,(H,34,39)(H,37,38)/t21?,22-,24?,30+/m0/s1. The van der Waals surface area contributed by atoms with Crippen LogP contribution in [0.5, 0.6) is 0 Å². The summed E-state index contributed by atoms with van der Waals surface area (Å²) in [5.41, 5.74) is 5.41. The van der Waals surface area contributed by atoms with Gasteiger partial charge in [-0.1, -0.05) is 85.8 Å². The number of piperidine rings is 1. The van der Waals surface area contributed by atoms with Crippen molar-refractivity contribution in [1.82, 2.24) is 10.2 Å². The number of rotatable bonds is 9. The first-order valence-electron chi connectivity index (χ1n) is 14.1. The highest BCUT2D eigenvalue weighted by Crippen LogP contribution is 2.44. The van der Waals surface area contributed by atoms with E-state index in [2.05, 4.69) is 29.6 Å². The Labute approximate surface area is 240 Å². The van der Waals surface area contributed by atoms with Gasteiger partial charge in [-0.3, -0.25) is 9.59 Å². The first-order chi connectivity index (χ1) is 19.8. The van der Waals surface area contributed by atoms with Crippen LogP contribution in [0.3, 0.4) is 0 Å². The molecule has 0 spiro atoms. The van der Waals surface area contributed by atoms with Gasteiger partial charge < -0.3 is 24.8 Å².